The Morgan fingerprint density at radius 1 is 1.32 bits per heavy atom. The maximum atomic E-state index is 12.4. The van der Waals surface area contributed by atoms with Crippen LogP contribution in [-0.2, 0) is 4.79 Å². The largest absolute Gasteiger partial charge is 0.351 e. The Morgan fingerprint density at radius 2 is 2.08 bits per heavy atom. The molecule has 1 N–H and O–H groups in total. The first-order valence-corrected chi connectivity index (χ1v) is 9.53. The molecule has 1 aliphatic rings. The molecule has 7 heteroatoms. The molecule has 1 aromatic heterocycles. The zero-order chi connectivity index (χ0) is 17.8. The van der Waals surface area contributed by atoms with E-state index < -0.39 is 0 Å². The van der Waals surface area contributed by atoms with Gasteiger partial charge in [-0.25, -0.2) is 4.98 Å². The summed E-state index contributed by atoms with van der Waals surface area (Å²) in [6.45, 7) is 3.83. The van der Waals surface area contributed by atoms with Gasteiger partial charge in [-0.2, -0.15) is 0 Å². The summed E-state index contributed by atoms with van der Waals surface area (Å²) < 4.78 is 0. The van der Waals surface area contributed by atoms with Crippen LogP contribution in [0.25, 0.3) is 10.6 Å². The van der Waals surface area contributed by atoms with Crippen molar-refractivity contribution in [2.75, 3.05) is 19.6 Å². The minimum absolute atomic E-state index is 0.110. The number of carbonyl (C=O) groups is 2. The second kappa shape index (κ2) is 7.97. The van der Waals surface area contributed by atoms with E-state index >= 15 is 0 Å². The van der Waals surface area contributed by atoms with E-state index in [1.54, 1.807) is 6.07 Å². The minimum Gasteiger partial charge on any atom is -0.351 e. The van der Waals surface area contributed by atoms with Crippen molar-refractivity contribution >= 4 is 34.8 Å². The standard InChI is InChI=1S/C18H20ClN3O2S/c1-12-16(25-18(21-12)13-5-4-6-14(19)11-13)17(24)20-8-7-15(23)22-9-2-3-10-22/h4-6,11H,2-3,7-10H2,1H3,(H,20,24). The number of hydrogen-bond donors (Lipinski definition) is 1. The number of nitrogens with zero attached hydrogens (tertiary/aromatic N) is 2. The molecule has 0 radical (unpaired) electrons. The summed E-state index contributed by atoms with van der Waals surface area (Å²) in [4.78, 5) is 31.3. The molecule has 0 saturated carbocycles. The number of likely N-dealkylation sites (tertiary alicyclic amines) is 1. The van der Waals surface area contributed by atoms with Crippen molar-refractivity contribution in [3.8, 4) is 10.6 Å². The third-order valence-corrected chi connectivity index (χ3v) is 5.60. The third-order valence-electron chi connectivity index (χ3n) is 4.16. The first-order valence-electron chi connectivity index (χ1n) is 8.34. The van der Waals surface area contributed by atoms with Crippen LogP contribution >= 0.6 is 22.9 Å². The van der Waals surface area contributed by atoms with E-state index in [0.29, 0.717) is 28.6 Å². The smallest absolute Gasteiger partial charge is 0.263 e. The predicted octanol–water partition coefficient (Wildman–Crippen LogP) is 3.51. The quantitative estimate of drug-likeness (QED) is 0.867. The minimum atomic E-state index is -0.183. The summed E-state index contributed by atoms with van der Waals surface area (Å²) in [5, 5.41) is 4.23. The van der Waals surface area contributed by atoms with Crippen molar-refractivity contribution in [1.29, 1.82) is 0 Å². The first-order chi connectivity index (χ1) is 12.0. The second-order valence-electron chi connectivity index (χ2n) is 6.04. The zero-order valence-electron chi connectivity index (χ0n) is 14.0. The van der Waals surface area contributed by atoms with Gasteiger partial charge in [0.25, 0.3) is 5.91 Å². The van der Waals surface area contributed by atoms with Crippen LogP contribution in [-0.4, -0.2) is 41.3 Å². The molecule has 0 spiro atoms. The van der Waals surface area contributed by atoms with Gasteiger partial charge in [-0.15, -0.1) is 11.3 Å². The Kier molecular flexibility index (Phi) is 5.71. The molecule has 3 rings (SSSR count). The number of thiazole rings is 1. The number of benzene rings is 1. The van der Waals surface area contributed by atoms with E-state index in [9.17, 15) is 9.59 Å². The van der Waals surface area contributed by atoms with Crippen LogP contribution in [0, 0.1) is 6.92 Å². The van der Waals surface area contributed by atoms with Gasteiger partial charge in [-0.1, -0.05) is 23.7 Å². The first kappa shape index (κ1) is 17.9. The molecule has 5 nitrogen and oxygen atoms in total. The lowest BCUT2D eigenvalue weighted by atomic mass is 10.2. The second-order valence-corrected chi connectivity index (χ2v) is 7.47. The van der Waals surface area contributed by atoms with Crippen molar-refractivity contribution in [3.63, 3.8) is 0 Å². The van der Waals surface area contributed by atoms with Crippen LogP contribution in [0.15, 0.2) is 24.3 Å². The maximum Gasteiger partial charge on any atom is 0.263 e. The summed E-state index contributed by atoms with van der Waals surface area (Å²) in [6.07, 6.45) is 2.49. The Bertz CT molecular complexity index is 784. The van der Waals surface area contributed by atoms with Crippen molar-refractivity contribution in [2.45, 2.75) is 26.2 Å². The molecular formula is C18H20ClN3O2S. The molecule has 0 bridgehead atoms. The van der Waals surface area contributed by atoms with Gasteiger partial charge in [0.2, 0.25) is 5.91 Å². The van der Waals surface area contributed by atoms with Crippen LogP contribution in [0.3, 0.4) is 0 Å². The molecule has 0 unspecified atom stereocenters. The highest BCUT2D eigenvalue weighted by molar-refractivity contribution is 7.17. The van der Waals surface area contributed by atoms with Gasteiger partial charge >= 0.3 is 0 Å². The summed E-state index contributed by atoms with van der Waals surface area (Å²) in [5.74, 6) is -0.0732. The average Bonchev–Trinajstić information content (AvgIpc) is 3.24. The fourth-order valence-corrected chi connectivity index (χ4v) is 4.01. The van der Waals surface area contributed by atoms with Crippen molar-refractivity contribution in [2.24, 2.45) is 0 Å². The van der Waals surface area contributed by atoms with E-state index in [-0.39, 0.29) is 11.8 Å². The molecule has 2 heterocycles. The molecule has 0 aliphatic carbocycles. The Labute approximate surface area is 156 Å². The number of carbonyl (C=O) groups excluding carboxylic acids is 2. The lowest BCUT2D eigenvalue weighted by molar-refractivity contribution is -0.129. The molecule has 1 fully saturated rings. The third kappa shape index (κ3) is 4.38. The SMILES string of the molecule is Cc1nc(-c2cccc(Cl)c2)sc1C(=O)NCCC(=O)N1CCCC1. The van der Waals surface area contributed by atoms with Crippen molar-refractivity contribution in [1.82, 2.24) is 15.2 Å². The predicted molar refractivity (Wildman–Crippen MR) is 100 cm³/mol. The summed E-state index contributed by atoms with van der Waals surface area (Å²) in [5.41, 5.74) is 1.58. The number of aryl methyl sites for hydroxylation is 1. The molecule has 132 valence electrons. The monoisotopic (exact) mass is 377 g/mol. The molecule has 0 atom stereocenters. The van der Waals surface area contributed by atoms with Crippen LogP contribution < -0.4 is 5.32 Å². The fourth-order valence-electron chi connectivity index (χ4n) is 2.84. The van der Waals surface area contributed by atoms with Crippen LogP contribution in [0.1, 0.15) is 34.6 Å². The summed E-state index contributed by atoms with van der Waals surface area (Å²) >= 11 is 7.35. The maximum absolute atomic E-state index is 12.4. The van der Waals surface area contributed by atoms with Crippen molar-refractivity contribution in [3.05, 3.63) is 39.9 Å². The lowest BCUT2D eigenvalue weighted by Gasteiger charge is -2.15. The van der Waals surface area contributed by atoms with Gasteiger partial charge in [0.15, 0.2) is 0 Å². The average molecular weight is 378 g/mol. The summed E-state index contributed by atoms with van der Waals surface area (Å²) in [7, 11) is 0. The van der Waals surface area contributed by atoms with Gasteiger partial charge in [0.05, 0.1) is 5.69 Å². The molecule has 1 aromatic carbocycles. The van der Waals surface area contributed by atoms with Gasteiger partial charge in [-0.05, 0) is 31.9 Å². The topological polar surface area (TPSA) is 62.3 Å². The molecule has 2 amide bonds. The van der Waals surface area contributed by atoms with Gasteiger partial charge in [-0.3, -0.25) is 9.59 Å². The molecule has 1 aliphatic heterocycles. The van der Waals surface area contributed by atoms with E-state index in [4.69, 9.17) is 11.6 Å². The highest BCUT2D eigenvalue weighted by Crippen LogP contribution is 2.29. The molecular weight excluding hydrogens is 358 g/mol. The molecule has 2 aromatic rings. The highest BCUT2D eigenvalue weighted by atomic mass is 35.5. The van der Waals surface area contributed by atoms with E-state index in [0.717, 1.165) is 36.5 Å². The van der Waals surface area contributed by atoms with Crippen LogP contribution in [0.4, 0.5) is 0 Å². The lowest BCUT2D eigenvalue weighted by Crippen LogP contribution is -2.32. The van der Waals surface area contributed by atoms with Gasteiger partial charge < -0.3 is 10.2 Å². The number of hydrogen-bond acceptors (Lipinski definition) is 4. The summed E-state index contributed by atoms with van der Waals surface area (Å²) in [6, 6.07) is 7.41. The van der Waals surface area contributed by atoms with E-state index in [1.807, 2.05) is 30.0 Å². The zero-order valence-corrected chi connectivity index (χ0v) is 15.6. The number of aromatic nitrogens is 1. The van der Waals surface area contributed by atoms with Crippen LogP contribution in [0.2, 0.25) is 5.02 Å². The van der Waals surface area contributed by atoms with Gasteiger partial charge in [0.1, 0.15) is 9.88 Å². The normalized spacial score (nSPS) is 13.9. The highest BCUT2D eigenvalue weighted by Gasteiger charge is 2.19. The number of nitrogens with one attached hydrogen (secondary N) is 1. The van der Waals surface area contributed by atoms with E-state index in [2.05, 4.69) is 10.3 Å². The van der Waals surface area contributed by atoms with Crippen LogP contribution in [0.5, 0.6) is 0 Å². The molecule has 1 saturated heterocycles. The van der Waals surface area contributed by atoms with Crippen molar-refractivity contribution < 1.29 is 9.59 Å². The fraction of sp³-hybridized carbons (Fsp3) is 0.389. The van der Waals surface area contributed by atoms with Gasteiger partial charge in [0, 0.05) is 36.6 Å². The number of halogens is 1. The van der Waals surface area contributed by atoms with E-state index in [1.165, 1.54) is 11.3 Å². The Morgan fingerprint density at radius 3 is 2.80 bits per heavy atom. The Balaban J connectivity index is 1.59. The number of rotatable bonds is 5. The number of amides is 2. The Hall–Kier alpha value is -1.92. The molecule has 25 heavy (non-hydrogen) atoms.